The van der Waals surface area contributed by atoms with E-state index in [0.29, 0.717) is 19.8 Å². The van der Waals surface area contributed by atoms with Gasteiger partial charge in [-0.15, -0.1) is 0 Å². The number of hydrogen-bond acceptors (Lipinski definition) is 4. The Morgan fingerprint density at radius 2 is 1.69 bits per heavy atom. The van der Waals surface area contributed by atoms with E-state index in [1.165, 1.54) is 0 Å². The SMILES string of the molecule is COCCO[C@H](COC)[C@@H](C)OC. The molecule has 0 saturated heterocycles. The molecule has 0 aromatic rings. The van der Waals surface area contributed by atoms with Crippen molar-refractivity contribution in [3.05, 3.63) is 0 Å². The predicted molar refractivity (Wildman–Crippen MR) is 50.0 cm³/mol. The molecule has 4 heteroatoms. The van der Waals surface area contributed by atoms with Gasteiger partial charge >= 0.3 is 0 Å². The second kappa shape index (κ2) is 8.44. The van der Waals surface area contributed by atoms with Crippen molar-refractivity contribution in [2.45, 2.75) is 19.1 Å². The van der Waals surface area contributed by atoms with Gasteiger partial charge in [-0.3, -0.25) is 0 Å². The molecule has 0 fully saturated rings. The van der Waals surface area contributed by atoms with Crippen molar-refractivity contribution >= 4 is 0 Å². The van der Waals surface area contributed by atoms with E-state index in [1.807, 2.05) is 6.92 Å². The van der Waals surface area contributed by atoms with E-state index in [1.54, 1.807) is 21.3 Å². The Morgan fingerprint density at radius 1 is 1.00 bits per heavy atom. The summed E-state index contributed by atoms with van der Waals surface area (Å²) in [7, 11) is 4.95. The summed E-state index contributed by atoms with van der Waals surface area (Å²) >= 11 is 0. The molecule has 0 aliphatic heterocycles. The van der Waals surface area contributed by atoms with Crippen LogP contribution in [0.15, 0.2) is 0 Å². The van der Waals surface area contributed by atoms with Crippen molar-refractivity contribution in [1.29, 1.82) is 0 Å². The van der Waals surface area contributed by atoms with Crippen LogP contribution in [0, 0.1) is 0 Å². The lowest BCUT2D eigenvalue weighted by atomic mass is 10.2. The fraction of sp³-hybridized carbons (Fsp3) is 1.00. The highest BCUT2D eigenvalue weighted by Crippen LogP contribution is 2.03. The highest BCUT2D eigenvalue weighted by atomic mass is 16.6. The van der Waals surface area contributed by atoms with E-state index in [9.17, 15) is 0 Å². The van der Waals surface area contributed by atoms with Gasteiger partial charge in [0, 0.05) is 21.3 Å². The Balaban J connectivity index is 3.65. The predicted octanol–water partition coefficient (Wildman–Crippen LogP) is 0.699. The molecule has 0 saturated carbocycles. The summed E-state index contributed by atoms with van der Waals surface area (Å²) < 4.78 is 20.5. The van der Waals surface area contributed by atoms with E-state index in [0.717, 1.165) is 0 Å². The monoisotopic (exact) mass is 192 g/mol. The van der Waals surface area contributed by atoms with E-state index >= 15 is 0 Å². The largest absolute Gasteiger partial charge is 0.382 e. The molecule has 2 atom stereocenters. The van der Waals surface area contributed by atoms with Crippen molar-refractivity contribution < 1.29 is 18.9 Å². The molecule has 0 heterocycles. The molecule has 0 spiro atoms. The minimum Gasteiger partial charge on any atom is -0.382 e. The molecule has 0 radical (unpaired) electrons. The van der Waals surface area contributed by atoms with Crippen molar-refractivity contribution in [2.75, 3.05) is 41.2 Å². The molecule has 0 amide bonds. The lowest BCUT2D eigenvalue weighted by Crippen LogP contribution is -2.33. The van der Waals surface area contributed by atoms with Crippen molar-refractivity contribution in [1.82, 2.24) is 0 Å². The molecule has 0 bridgehead atoms. The van der Waals surface area contributed by atoms with Gasteiger partial charge in [-0.05, 0) is 6.92 Å². The highest BCUT2D eigenvalue weighted by Gasteiger charge is 2.16. The van der Waals surface area contributed by atoms with Gasteiger partial charge in [-0.1, -0.05) is 0 Å². The molecular formula is C9H20O4. The van der Waals surface area contributed by atoms with Gasteiger partial charge in [0.15, 0.2) is 0 Å². The van der Waals surface area contributed by atoms with Crippen LogP contribution >= 0.6 is 0 Å². The Bertz CT molecular complexity index is 108. The molecule has 0 unspecified atom stereocenters. The molecule has 0 aromatic carbocycles. The van der Waals surface area contributed by atoms with Gasteiger partial charge in [-0.2, -0.15) is 0 Å². The molecular weight excluding hydrogens is 172 g/mol. The maximum absolute atomic E-state index is 5.50. The van der Waals surface area contributed by atoms with Gasteiger partial charge in [0.05, 0.1) is 25.9 Å². The Hall–Kier alpha value is -0.160. The molecule has 13 heavy (non-hydrogen) atoms. The second-order valence-electron chi connectivity index (χ2n) is 2.80. The molecule has 0 aliphatic carbocycles. The highest BCUT2D eigenvalue weighted by molar-refractivity contribution is 4.64. The first-order valence-corrected chi connectivity index (χ1v) is 4.38. The lowest BCUT2D eigenvalue weighted by Gasteiger charge is -2.22. The first-order valence-electron chi connectivity index (χ1n) is 4.38. The Morgan fingerprint density at radius 3 is 2.15 bits per heavy atom. The van der Waals surface area contributed by atoms with E-state index in [-0.39, 0.29) is 12.2 Å². The van der Waals surface area contributed by atoms with Crippen LogP contribution in [0.3, 0.4) is 0 Å². The summed E-state index contributed by atoms with van der Waals surface area (Å²) in [5.41, 5.74) is 0. The van der Waals surface area contributed by atoms with Crippen LogP contribution in [-0.2, 0) is 18.9 Å². The quantitative estimate of drug-likeness (QED) is 0.530. The van der Waals surface area contributed by atoms with Crippen molar-refractivity contribution in [3.8, 4) is 0 Å². The van der Waals surface area contributed by atoms with Crippen molar-refractivity contribution in [3.63, 3.8) is 0 Å². The normalized spacial score (nSPS) is 15.7. The third-order valence-corrected chi connectivity index (χ3v) is 1.85. The number of hydrogen-bond donors (Lipinski definition) is 0. The van der Waals surface area contributed by atoms with Gasteiger partial charge in [0.1, 0.15) is 6.10 Å². The summed E-state index contributed by atoms with van der Waals surface area (Å²) in [5, 5.41) is 0. The van der Waals surface area contributed by atoms with Crippen LogP contribution in [0.2, 0.25) is 0 Å². The standard InChI is InChI=1S/C9H20O4/c1-8(12-4)9(7-11-3)13-6-5-10-2/h8-9H,5-7H2,1-4H3/t8-,9-/m1/s1. The molecule has 80 valence electrons. The molecule has 0 aliphatic rings. The zero-order valence-electron chi connectivity index (χ0n) is 8.91. The third kappa shape index (κ3) is 5.99. The fourth-order valence-corrected chi connectivity index (χ4v) is 0.918. The second-order valence-corrected chi connectivity index (χ2v) is 2.80. The summed E-state index contributed by atoms with van der Waals surface area (Å²) in [6.45, 7) is 3.66. The summed E-state index contributed by atoms with van der Waals surface area (Å²) in [5.74, 6) is 0. The van der Waals surface area contributed by atoms with Crippen LogP contribution in [0.1, 0.15) is 6.92 Å². The molecule has 4 nitrogen and oxygen atoms in total. The topological polar surface area (TPSA) is 36.9 Å². The van der Waals surface area contributed by atoms with Crippen LogP contribution < -0.4 is 0 Å². The molecule has 0 rings (SSSR count). The summed E-state index contributed by atoms with van der Waals surface area (Å²) in [4.78, 5) is 0. The number of rotatable bonds is 8. The molecule has 0 N–H and O–H groups in total. The smallest absolute Gasteiger partial charge is 0.107 e. The summed E-state index contributed by atoms with van der Waals surface area (Å²) in [6, 6.07) is 0. The van der Waals surface area contributed by atoms with E-state index in [4.69, 9.17) is 18.9 Å². The Kier molecular flexibility index (Phi) is 8.33. The van der Waals surface area contributed by atoms with Crippen molar-refractivity contribution in [2.24, 2.45) is 0 Å². The molecule has 0 aromatic heterocycles. The summed E-state index contributed by atoms with van der Waals surface area (Å²) in [6.07, 6.45) is 0.0157. The lowest BCUT2D eigenvalue weighted by molar-refractivity contribution is -0.0874. The number of ether oxygens (including phenoxy) is 4. The Labute approximate surface area is 80.1 Å². The third-order valence-electron chi connectivity index (χ3n) is 1.85. The zero-order valence-corrected chi connectivity index (χ0v) is 8.91. The minimum absolute atomic E-state index is 0.0230. The maximum atomic E-state index is 5.50. The van der Waals surface area contributed by atoms with Gasteiger partial charge in [0.25, 0.3) is 0 Å². The average Bonchev–Trinajstić information content (AvgIpc) is 2.16. The van der Waals surface area contributed by atoms with E-state index < -0.39 is 0 Å². The van der Waals surface area contributed by atoms with Crippen LogP contribution in [0.5, 0.6) is 0 Å². The van der Waals surface area contributed by atoms with Gasteiger partial charge < -0.3 is 18.9 Å². The van der Waals surface area contributed by atoms with Gasteiger partial charge in [-0.25, -0.2) is 0 Å². The first kappa shape index (κ1) is 12.8. The van der Waals surface area contributed by atoms with Crippen LogP contribution in [0.25, 0.3) is 0 Å². The average molecular weight is 192 g/mol. The van der Waals surface area contributed by atoms with Gasteiger partial charge in [0.2, 0.25) is 0 Å². The zero-order chi connectivity index (χ0) is 10.1. The number of methoxy groups -OCH3 is 3. The fourth-order valence-electron chi connectivity index (χ4n) is 0.918. The van der Waals surface area contributed by atoms with E-state index in [2.05, 4.69) is 0 Å². The maximum Gasteiger partial charge on any atom is 0.107 e. The first-order chi connectivity index (χ1) is 6.26. The van der Waals surface area contributed by atoms with Crippen LogP contribution in [0.4, 0.5) is 0 Å². The van der Waals surface area contributed by atoms with Crippen LogP contribution in [-0.4, -0.2) is 53.4 Å². The minimum atomic E-state index is -0.0230.